The molecule has 0 amide bonds. The fourth-order valence-corrected chi connectivity index (χ4v) is 1.56. The molecule has 1 aromatic heterocycles. The molecule has 0 saturated carbocycles. The van der Waals surface area contributed by atoms with Gasteiger partial charge < -0.3 is 15.5 Å². The quantitative estimate of drug-likeness (QED) is 0.897. The van der Waals surface area contributed by atoms with Crippen molar-refractivity contribution >= 4 is 21.7 Å². The van der Waals surface area contributed by atoms with Crippen LogP contribution in [-0.4, -0.2) is 9.97 Å². The Labute approximate surface area is 95.6 Å². The van der Waals surface area contributed by atoms with Crippen molar-refractivity contribution in [2.75, 3.05) is 5.73 Å². The third kappa shape index (κ3) is 2.30. The van der Waals surface area contributed by atoms with E-state index in [1.807, 2.05) is 24.3 Å². The third-order valence-electron chi connectivity index (χ3n) is 1.96. The number of nitrogens with two attached hydrogens (primary N) is 1. The molecule has 78 valence electrons. The molecule has 3 N–H and O–H groups in total. The monoisotopic (exact) mass is 267 g/mol. The molecule has 0 spiro atoms. The van der Waals surface area contributed by atoms with Crippen molar-refractivity contribution in [2.45, 2.75) is 6.61 Å². The molecule has 0 aliphatic rings. The Balaban J connectivity index is 2.06. The van der Waals surface area contributed by atoms with Gasteiger partial charge in [-0.05, 0) is 28.1 Å². The fraction of sp³-hybridized carbons (Fsp3) is 0.100. The highest BCUT2D eigenvalue weighted by Gasteiger charge is 2.04. The summed E-state index contributed by atoms with van der Waals surface area (Å²) in [7, 11) is 0. The number of aromatic nitrogens is 2. The van der Waals surface area contributed by atoms with E-state index in [0.29, 0.717) is 12.4 Å². The van der Waals surface area contributed by atoms with Gasteiger partial charge in [-0.15, -0.1) is 0 Å². The molecule has 0 atom stereocenters. The summed E-state index contributed by atoms with van der Waals surface area (Å²) in [4.78, 5) is 6.80. The lowest BCUT2D eigenvalue weighted by Gasteiger charge is -2.06. The molecule has 0 aliphatic heterocycles. The van der Waals surface area contributed by atoms with Gasteiger partial charge in [0.25, 0.3) is 0 Å². The van der Waals surface area contributed by atoms with Crippen molar-refractivity contribution < 1.29 is 4.74 Å². The molecule has 5 heteroatoms. The van der Waals surface area contributed by atoms with Crippen LogP contribution < -0.4 is 10.5 Å². The normalized spacial score (nSPS) is 10.2. The fourth-order valence-electron chi connectivity index (χ4n) is 1.16. The highest BCUT2D eigenvalue weighted by molar-refractivity contribution is 9.10. The Morgan fingerprint density at radius 2 is 2.20 bits per heavy atom. The van der Waals surface area contributed by atoms with Crippen LogP contribution in [0.1, 0.15) is 5.69 Å². The summed E-state index contributed by atoms with van der Waals surface area (Å²) < 4.78 is 6.48. The average Bonchev–Trinajstić information content (AvgIpc) is 2.63. The topological polar surface area (TPSA) is 63.9 Å². The smallest absolute Gasteiger partial charge is 0.148 e. The van der Waals surface area contributed by atoms with Gasteiger partial charge in [0.05, 0.1) is 16.5 Å². The molecule has 0 unspecified atom stereocenters. The van der Waals surface area contributed by atoms with Gasteiger partial charge in [-0.3, -0.25) is 0 Å². The van der Waals surface area contributed by atoms with E-state index < -0.39 is 0 Å². The second-order valence-corrected chi connectivity index (χ2v) is 3.84. The molecule has 0 bridgehead atoms. The molecule has 1 aromatic carbocycles. The Morgan fingerprint density at radius 1 is 1.40 bits per heavy atom. The first-order valence-corrected chi connectivity index (χ1v) is 5.21. The van der Waals surface area contributed by atoms with Gasteiger partial charge >= 0.3 is 0 Å². The number of hydrogen-bond acceptors (Lipinski definition) is 3. The molecule has 2 aromatic rings. The maximum absolute atomic E-state index is 5.61. The second-order valence-electron chi connectivity index (χ2n) is 2.99. The number of nitrogen functional groups attached to an aromatic ring is 1. The largest absolute Gasteiger partial charge is 0.486 e. The lowest BCUT2D eigenvalue weighted by Crippen LogP contribution is -2.00. The molecule has 15 heavy (non-hydrogen) atoms. The van der Waals surface area contributed by atoms with Crippen molar-refractivity contribution in [1.82, 2.24) is 9.97 Å². The van der Waals surface area contributed by atoms with E-state index in [1.54, 1.807) is 6.33 Å². The van der Waals surface area contributed by atoms with E-state index in [9.17, 15) is 0 Å². The number of rotatable bonds is 3. The summed E-state index contributed by atoms with van der Waals surface area (Å²) in [6.45, 7) is 0.383. The Hall–Kier alpha value is -1.49. The van der Waals surface area contributed by atoms with Crippen LogP contribution in [0.4, 0.5) is 5.82 Å². The number of imidazole rings is 1. The van der Waals surface area contributed by atoms with E-state index in [1.165, 1.54) is 0 Å². The first kappa shape index (κ1) is 10.0. The van der Waals surface area contributed by atoms with Crippen LogP contribution in [0.5, 0.6) is 5.75 Å². The van der Waals surface area contributed by atoms with E-state index in [2.05, 4.69) is 25.9 Å². The van der Waals surface area contributed by atoms with Crippen LogP contribution in [0.3, 0.4) is 0 Å². The van der Waals surface area contributed by atoms with E-state index in [0.717, 1.165) is 15.9 Å². The van der Waals surface area contributed by atoms with Crippen LogP contribution in [0.2, 0.25) is 0 Å². The maximum atomic E-state index is 5.61. The molecule has 0 radical (unpaired) electrons. The summed E-state index contributed by atoms with van der Waals surface area (Å²) in [6.07, 6.45) is 1.55. The number of para-hydroxylation sites is 1. The van der Waals surface area contributed by atoms with E-state index in [4.69, 9.17) is 10.5 Å². The lowest BCUT2D eigenvalue weighted by atomic mass is 10.3. The molecule has 1 heterocycles. The minimum absolute atomic E-state index is 0.383. The SMILES string of the molecule is Nc1nc[nH]c1COc1ccccc1Br. The zero-order valence-electron chi connectivity index (χ0n) is 7.90. The number of aromatic amines is 1. The summed E-state index contributed by atoms with van der Waals surface area (Å²) >= 11 is 3.40. The average molecular weight is 268 g/mol. The number of anilines is 1. The highest BCUT2D eigenvalue weighted by Crippen LogP contribution is 2.24. The highest BCUT2D eigenvalue weighted by atomic mass is 79.9. The summed E-state index contributed by atoms with van der Waals surface area (Å²) in [5.41, 5.74) is 6.39. The molecule has 0 aliphatic carbocycles. The molecular weight excluding hydrogens is 258 g/mol. The predicted octanol–water partition coefficient (Wildman–Crippen LogP) is 2.33. The van der Waals surface area contributed by atoms with Gasteiger partial charge in [-0.2, -0.15) is 0 Å². The molecule has 4 nitrogen and oxygen atoms in total. The summed E-state index contributed by atoms with van der Waals surface area (Å²) in [6, 6.07) is 7.65. The number of nitrogens with zero attached hydrogens (tertiary/aromatic N) is 1. The van der Waals surface area contributed by atoms with Gasteiger partial charge in [0.1, 0.15) is 18.2 Å². The van der Waals surface area contributed by atoms with Crippen molar-refractivity contribution in [3.8, 4) is 5.75 Å². The number of benzene rings is 1. The van der Waals surface area contributed by atoms with Crippen molar-refractivity contribution in [1.29, 1.82) is 0 Å². The van der Waals surface area contributed by atoms with Gasteiger partial charge in [0.2, 0.25) is 0 Å². The van der Waals surface area contributed by atoms with Gasteiger partial charge in [0.15, 0.2) is 0 Å². The van der Waals surface area contributed by atoms with E-state index >= 15 is 0 Å². The zero-order chi connectivity index (χ0) is 10.7. The van der Waals surface area contributed by atoms with Crippen molar-refractivity contribution in [2.24, 2.45) is 0 Å². The minimum atomic E-state index is 0.383. The number of nitrogens with one attached hydrogen (secondary N) is 1. The minimum Gasteiger partial charge on any atom is -0.486 e. The number of ether oxygens (including phenoxy) is 1. The van der Waals surface area contributed by atoms with E-state index in [-0.39, 0.29) is 0 Å². The second kappa shape index (κ2) is 4.35. The van der Waals surface area contributed by atoms with Crippen LogP contribution in [0.15, 0.2) is 35.1 Å². The Kier molecular flexibility index (Phi) is 2.91. The number of H-pyrrole nitrogens is 1. The van der Waals surface area contributed by atoms with Gasteiger partial charge in [-0.25, -0.2) is 4.98 Å². The predicted molar refractivity (Wildman–Crippen MR) is 61.5 cm³/mol. The third-order valence-corrected chi connectivity index (χ3v) is 2.62. The van der Waals surface area contributed by atoms with Crippen LogP contribution in [-0.2, 0) is 6.61 Å². The first-order chi connectivity index (χ1) is 7.27. The summed E-state index contributed by atoms with van der Waals surface area (Å²) in [5, 5.41) is 0. The molecular formula is C10H10BrN3O. The standard InChI is InChI=1S/C10H10BrN3O/c11-7-3-1-2-4-9(7)15-5-8-10(12)14-6-13-8/h1-4,6H,5,12H2,(H,13,14). The molecule has 2 rings (SSSR count). The Bertz CT molecular complexity index is 455. The van der Waals surface area contributed by atoms with Crippen LogP contribution >= 0.6 is 15.9 Å². The molecule has 0 fully saturated rings. The van der Waals surface area contributed by atoms with Crippen molar-refractivity contribution in [3.63, 3.8) is 0 Å². The lowest BCUT2D eigenvalue weighted by molar-refractivity contribution is 0.301. The number of hydrogen-bond donors (Lipinski definition) is 2. The van der Waals surface area contributed by atoms with Crippen molar-refractivity contribution in [3.05, 3.63) is 40.8 Å². The van der Waals surface area contributed by atoms with Gasteiger partial charge in [0, 0.05) is 0 Å². The number of halogens is 1. The zero-order valence-corrected chi connectivity index (χ0v) is 9.49. The van der Waals surface area contributed by atoms with Gasteiger partial charge in [-0.1, -0.05) is 12.1 Å². The first-order valence-electron chi connectivity index (χ1n) is 4.42. The Morgan fingerprint density at radius 3 is 2.87 bits per heavy atom. The van der Waals surface area contributed by atoms with Crippen LogP contribution in [0.25, 0.3) is 0 Å². The van der Waals surface area contributed by atoms with Crippen LogP contribution in [0, 0.1) is 0 Å². The molecule has 0 saturated heterocycles. The summed E-state index contributed by atoms with van der Waals surface area (Å²) in [5.74, 6) is 1.26. The maximum Gasteiger partial charge on any atom is 0.148 e.